The number of aryl methyl sites for hydroxylation is 1. The second kappa shape index (κ2) is 14.2. The van der Waals surface area contributed by atoms with E-state index >= 15 is 0 Å². The molecule has 0 unspecified atom stereocenters. The van der Waals surface area contributed by atoms with Crippen molar-refractivity contribution in [3.63, 3.8) is 0 Å². The minimum Gasteiger partial charge on any atom is -0.391 e. The minimum absolute atomic E-state index is 0. The van der Waals surface area contributed by atoms with Crippen molar-refractivity contribution in [2.75, 3.05) is 0 Å². The van der Waals surface area contributed by atoms with E-state index in [0.29, 0.717) is 0 Å². The third kappa shape index (κ3) is 11.3. The number of nitrogens with zero attached hydrogens (tertiary/aromatic N) is 1. The monoisotopic (exact) mass is 253 g/mol. The molecule has 0 bridgehead atoms. The molecule has 0 aliphatic rings. The predicted octanol–water partition coefficient (Wildman–Crippen LogP) is 2.35. The SMILES string of the molecule is CCCCCCCCCCCCc1ccc[c-]n1.[Li+]. The number of rotatable bonds is 11. The zero-order valence-electron chi connectivity index (χ0n) is 13.0. The van der Waals surface area contributed by atoms with Crippen LogP contribution in [-0.4, -0.2) is 4.98 Å². The van der Waals surface area contributed by atoms with Gasteiger partial charge in [0.2, 0.25) is 0 Å². The van der Waals surface area contributed by atoms with Crippen LogP contribution in [0.4, 0.5) is 0 Å². The molecule has 0 fully saturated rings. The predicted molar refractivity (Wildman–Crippen MR) is 78.6 cm³/mol. The molecule has 0 N–H and O–H groups in total. The molecule has 2 heteroatoms. The zero-order chi connectivity index (χ0) is 12.9. The van der Waals surface area contributed by atoms with Crippen LogP contribution in [0.2, 0.25) is 0 Å². The van der Waals surface area contributed by atoms with Gasteiger partial charge < -0.3 is 4.98 Å². The molecule has 0 amide bonds. The standard InChI is InChI=1S/C17H28N.Li/c1-2-3-4-5-6-7-8-9-10-11-14-17-15-12-13-16-18-17;/h12-13,15H,2-11,14H2,1H3;/q-1;+1. The zero-order valence-corrected chi connectivity index (χ0v) is 13.0. The Morgan fingerprint density at radius 1 is 0.895 bits per heavy atom. The number of aromatic nitrogens is 1. The molecule has 0 saturated heterocycles. The average Bonchev–Trinajstić information content (AvgIpc) is 2.42. The van der Waals surface area contributed by atoms with Gasteiger partial charge in [-0.15, -0.1) is 0 Å². The fourth-order valence-corrected chi connectivity index (χ4v) is 2.29. The molecule has 0 radical (unpaired) electrons. The molecule has 1 heterocycles. The number of hydrogen-bond donors (Lipinski definition) is 0. The van der Waals surface area contributed by atoms with Crippen molar-refractivity contribution in [1.82, 2.24) is 4.98 Å². The normalized spacial score (nSPS) is 10.2. The van der Waals surface area contributed by atoms with E-state index in [9.17, 15) is 0 Å². The van der Waals surface area contributed by atoms with Crippen LogP contribution in [0.5, 0.6) is 0 Å². The van der Waals surface area contributed by atoms with Gasteiger partial charge >= 0.3 is 18.9 Å². The van der Waals surface area contributed by atoms with Crippen LogP contribution in [0, 0.1) is 6.20 Å². The van der Waals surface area contributed by atoms with Crippen molar-refractivity contribution in [3.05, 3.63) is 30.1 Å². The molecule has 1 nitrogen and oxygen atoms in total. The molecule has 0 aliphatic carbocycles. The smallest absolute Gasteiger partial charge is 0.391 e. The van der Waals surface area contributed by atoms with E-state index in [1.54, 1.807) is 0 Å². The van der Waals surface area contributed by atoms with Crippen LogP contribution in [0.3, 0.4) is 0 Å². The van der Waals surface area contributed by atoms with Crippen LogP contribution in [0.25, 0.3) is 0 Å². The van der Waals surface area contributed by atoms with Crippen molar-refractivity contribution in [2.24, 2.45) is 0 Å². The first kappa shape index (κ1) is 18.7. The summed E-state index contributed by atoms with van der Waals surface area (Å²) in [5, 5.41) is 0. The van der Waals surface area contributed by atoms with E-state index < -0.39 is 0 Å². The van der Waals surface area contributed by atoms with Gasteiger partial charge in [-0.25, -0.2) is 0 Å². The third-order valence-electron chi connectivity index (χ3n) is 3.45. The Kier molecular flexibility index (Phi) is 14.0. The van der Waals surface area contributed by atoms with Crippen LogP contribution in [0.15, 0.2) is 18.2 Å². The molecule has 0 atom stereocenters. The van der Waals surface area contributed by atoms with Crippen molar-refractivity contribution in [3.8, 4) is 0 Å². The van der Waals surface area contributed by atoms with Crippen molar-refractivity contribution in [2.45, 2.75) is 77.6 Å². The molecule has 0 saturated carbocycles. The molecule has 1 aromatic rings. The maximum atomic E-state index is 4.23. The summed E-state index contributed by atoms with van der Waals surface area (Å²) in [6.07, 6.45) is 18.0. The summed E-state index contributed by atoms with van der Waals surface area (Å²) in [6.45, 7) is 2.28. The van der Waals surface area contributed by atoms with E-state index in [1.165, 1.54) is 69.9 Å². The largest absolute Gasteiger partial charge is 1.00 e. The van der Waals surface area contributed by atoms with Crippen LogP contribution in [0.1, 0.15) is 76.8 Å². The first-order chi connectivity index (χ1) is 8.93. The summed E-state index contributed by atoms with van der Waals surface area (Å²) in [6, 6.07) is 5.99. The Morgan fingerprint density at radius 3 is 2.00 bits per heavy atom. The van der Waals surface area contributed by atoms with Gasteiger partial charge in [0.1, 0.15) is 0 Å². The van der Waals surface area contributed by atoms with E-state index in [1.807, 2.05) is 12.1 Å². The maximum absolute atomic E-state index is 4.23. The van der Waals surface area contributed by atoms with Gasteiger partial charge in [-0.05, 0) is 0 Å². The summed E-state index contributed by atoms with van der Waals surface area (Å²) < 4.78 is 0. The van der Waals surface area contributed by atoms with Crippen LogP contribution >= 0.6 is 0 Å². The molecular weight excluding hydrogens is 225 g/mol. The Morgan fingerprint density at radius 2 is 1.47 bits per heavy atom. The Bertz CT molecular complexity index is 274. The van der Waals surface area contributed by atoms with E-state index in [4.69, 9.17) is 0 Å². The average molecular weight is 253 g/mol. The molecule has 1 aromatic heterocycles. The minimum atomic E-state index is 0. The van der Waals surface area contributed by atoms with Crippen LogP contribution in [-0.2, 0) is 6.42 Å². The first-order valence-corrected chi connectivity index (χ1v) is 7.75. The fourth-order valence-electron chi connectivity index (χ4n) is 2.29. The summed E-state index contributed by atoms with van der Waals surface area (Å²) in [7, 11) is 0. The topological polar surface area (TPSA) is 12.9 Å². The molecule has 0 aromatic carbocycles. The Balaban J connectivity index is 0.00000324. The van der Waals surface area contributed by atoms with Crippen molar-refractivity contribution in [1.29, 1.82) is 0 Å². The van der Waals surface area contributed by atoms with E-state index in [2.05, 4.69) is 24.2 Å². The molecule has 19 heavy (non-hydrogen) atoms. The maximum Gasteiger partial charge on any atom is 1.00 e. The van der Waals surface area contributed by atoms with E-state index in [0.717, 1.165) is 6.42 Å². The Hall–Kier alpha value is -0.253. The number of hydrogen-bond acceptors (Lipinski definition) is 1. The fraction of sp³-hybridized carbons (Fsp3) is 0.706. The summed E-state index contributed by atoms with van der Waals surface area (Å²) in [5.41, 5.74) is 1.19. The second-order valence-electron chi connectivity index (χ2n) is 5.19. The molecular formula is C17H28LiN. The number of pyridine rings is 1. The van der Waals surface area contributed by atoms with Gasteiger partial charge in [-0.3, -0.25) is 0 Å². The van der Waals surface area contributed by atoms with Gasteiger partial charge in [-0.1, -0.05) is 89.4 Å². The van der Waals surface area contributed by atoms with Crippen LogP contribution < -0.4 is 18.9 Å². The molecule has 0 spiro atoms. The summed E-state index contributed by atoms with van der Waals surface area (Å²) in [5.74, 6) is 0. The van der Waals surface area contributed by atoms with Gasteiger partial charge in [0, 0.05) is 0 Å². The van der Waals surface area contributed by atoms with Gasteiger partial charge in [0.05, 0.1) is 0 Å². The van der Waals surface area contributed by atoms with Crippen molar-refractivity contribution < 1.29 is 18.9 Å². The second-order valence-corrected chi connectivity index (χ2v) is 5.19. The first-order valence-electron chi connectivity index (χ1n) is 7.75. The van der Waals surface area contributed by atoms with E-state index in [-0.39, 0.29) is 18.9 Å². The molecule has 1 rings (SSSR count). The molecule has 102 valence electrons. The number of unbranched alkanes of at least 4 members (excludes halogenated alkanes) is 9. The summed E-state index contributed by atoms with van der Waals surface area (Å²) in [4.78, 5) is 4.23. The van der Waals surface area contributed by atoms with Gasteiger partial charge in [0.25, 0.3) is 0 Å². The molecule has 0 aliphatic heterocycles. The van der Waals surface area contributed by atoms with Gasteiger partial charge in [0.15, 0.2) is 0 Å². The summed E-state index contributed by atoms with van der Waals surface area (Å²) >= 11 is 0. The van der Waals surface area contributed by atoms with Gasteiger partial charge in [-0.2, -0.15) is 18.2 Å². The van der Waals surface area contributed by atoms with Crippen molar-refractivity contribution >= 4 is 0 Å². The third-order valence-corrected chi connectivity index (χ3v) is 3.45. The Labute approximate surface area is 131 Å². The quantitative estimate of drug-likeness (QED) is 0.335.